The normalized spacial score (nSPS) is 14.7. The third kappa shape index (κ3) is 4.76. The molecule has 1 aliphatic heterocycles. The Morgan fingerprint density at radius 3 is 2.14 bits per heavy atom. The molecule has 14 heteroatoms. The number of fused-ring (bicyclic) bond motifs is 9. The van der Waals surface area contributed by atoms with E-state index >= 15 is 0 Å². The predicted octanol–water partition coefficient (Wildman–Crippen LogP) is 2.81. The lowest BCUT2D eigenvalue weighted by atomic mass is 10.3. The lowest BCUT2D eigenvalue weighted by molar-refractivity contribution is 0.0935. The van der Waals surface area contributed by atoms with Crippen molar-refractivity contribution in [2.45, 2.75) is 40.8 Å². The van der Waals surface area contributed by atoms with E-state index in [4.69, 9.17) is 27.8 Å². The fourth-order valence-corrected chi connectivity index (χ4v) is 3.53. The van der Waals surface area contributed by atoms with Crippen molar-refractivity contribution in [1.82, 2.24) is 30.6 Å². The average molecular weight is 507 g/mol. The highest BCUT2D eigenvalue weighted by Gasteiger charge is 2.24. The van der Waals surface area contributed by atoms with Gasteiger partial charge >= 0.3 is 0 Å². The molecule has 0 spiro atoms. The quantitative estimate of drug-likeness (QED) is 0.316. The summed E-state index contributed by atoms with van der Waals surface area (Å²) in [5, 5.41) is 13.6. The van der Waals surface area contributed by atoms with Crippen molar-refractivity contribution in [3.8, 4) is 11.6 Å². The van der Waals surface area contributed by atoms with Crippen LogP contribution in [0, 0.1) is 26.2 Å². The van der Waals surface area contributed by atoms with Crippen molar-refractivity contribution in [3.63, 3.8) is 0 Å². The van der Waals surface area contributed by atoms with E-state index in [2.05, 4.69) is 30.6 Å². The molecule has 0 unspecified atom stereocenters. The highest BCUT2D eigenvalue weighted by molar-refractivity contribution is 5.94. The van der Waals surface area contributed by atoms with Crippen LogP contribution in [0.5, 0.6) is 0 Å². The summed E-state index contributed by atoms with van der Waals surface area (Å²) in [7, 11) is 0. The molecule has 190 valence electrons. The average Bonchev–Trinajstić information content (AvgIpc) is 3.62. The Labute approximate surface area is 208 Å². The highest BCUT2D eigenvalue weighted by Crippen LogP contribution is 2.26. The van der Waals surface area contributed by atoms with Gasteiger partial charge in [-0.1, -0.05) is 0 Å². The minimum atomic E-state index is -0.542. The van der Waals surface area contributed by atoms with Crippen LogP contribution in [0.1, 0.15) is 68.5 Å². The topological polar surface area (TPSA) is 195 Å². The second kappa shape index (κ2) is 9.22. The van der Waals surface area contributed by atoms with E-state index in [1.54, 1.807) is 27.7 Å². The third-order valence-corrected chi connectivity index (χ3v) is 5.26. The molecule has 0 radical (unpaired) electrons. The van der Waals surface area contributed by atoms with Crippen LogP contribution in [-0.4, -0.2) is 37.6 Å². The number of hydrogen-bond donors (Lipinski definition) is 3. The molecule has 0 atom stereocenters. The lowest BCUT2D eigenvalue weighted by Gasteiger charge is -2.04. The molecule has 0 saturated heterocycles. The molecule has 3 N–H and O–H groups in total. The SMILES string of the molecule is CC1=Cc2nc(co2)C(=O)NCc2nc(c(C)o2)C(=O)NCc2nc(c(C)o2)-c2nc(c(C)o2)C(=N)O1. The Morgan fingerprint density at radius 2 is 1.41 bits per heavy atom. The smallest absolute Gasteiger partial charge is 0.273 e. The number of amides is 2. The number of nitrogens with one attached hydrogen (secondary N) is 3. The first-order valence-electron chi connectivity index (χ1n) is 11.1. The fourth-order valence-electron chi connectivity index (χ4n) is 3.53. The molecular formula is C23H21N7O7. The number of ether oxygens (including phenoxy) is 1. The first kappa shape index (κ1) is 23.7. The molecule has 2 amide bonds. The molecule has 14 nitrogen and oxygen atoms in total. The molecule has 4 aromatic heterocycles. The van der Waals surface area contributed by atoms with Gasteiger partial charge in [0.2, 0.25) is 29.5 Å². The Hall–Kier alpha value is -5.01. The van der Waals surface area contributed by atoms with Crippen molar-refractivity contribution in [2.75, 3.05) is 0 Å². The summed E-state index contributed by atoms with van der Waals surface area (Å²) >= 11 is 0. The lowest BCUT2D eigenvalue weighted by Crippen LogP contribution is -2.25. The largest absolute Gasteiger partial charge is 0.444 e. The predicted molar refractivity (Wildman–Crippen MR) is 123 cm³/mol. The van der Waals surface area contributed by atoms with Gasteiger partial charge in [0.15, 0.2) is 22.8 Å². The van der Waals surface area contributed by atoms with Gasteiger partial charge in [0.1, 0.15) is 29.3 Å². The van der Waals surface area contributed by atoms with E-state index in [1.807, 2.05) is 0 Å². The number of aromatic nitrogens is 4. The Bertz CT molecular complexity index is 1570. The summed E-state index contributed by atoms with van der Waals surface area (Å²) in [6.07, 6.45) is 2.60. The minimum Gasteiger partial charge on any atom is -0.444 e. The highest BCUT2D eigenvalue weighted by atomic mass is 16.5. The summed E-state index contributed by atoms with van der Waals surface area (Å²) in [6, 6.07) is 0. The van der Waals surface area contributed by atoms with Crippen LogP contribution in [0.3, 0.4) is 0 Å². The van der Waals surface area contributed by atoms with Crippen molar-refractivity contribution in [1.29, 1.82) is 5.41 Å². The van der Waals surface area contributed by atoms with Gasteiger partial charge < -0.3 is 33.0 Å². The van der Waals surface area contributed by atoms with Crippen LogP contribution in [0.25, 0.3) is 17.7 Å². The van der Waals surface area contributed by atoms with Crippen LogP contribution in [0.15, 0.2) is 29.7 Å². The van der Waals surface area contributed by atoms with Crippen molar-refractivity contribution in [2.24, 2.45) is 0 Å². The zero-order valence-electron chi connectivity index (χ0n) is 20.2. The molecule has 0 saturated carbocycles. The van der Waals surface area contributed by atoms with Gasteiger partial charge in [-0.25, -0.2) is 19.9 Å². The maximum atomic E-state index is 12.7. The monoisotopic (exact) mass is 507 g/mol. The molecule has 1 aliphatic rings. The van der Waals surface area contributed by atoms with Gasteiger partial charge in [-0.05, 0) is 27.7 Å². The number of allylic oxidation sites excluding steroid dienone is 1. The fraction of sp³-hybridized carbons (Fsp3) is 0.261. The van der Waals surface area contributed by atoms with E-state index in [9.17, 15) is 9.59 Å². The summed E-state index contributed by atoms with van der Waals surface area (Å²) in [5.41, 5.74) is 0.552. The summed E-state index contributed by atoms with van der Waals surface area (Å²) in [6.45, 7) is 6.37. The second-order valence-electron chi connectivity index (χ2n) is 8.07. The molecule has 0 aliphatic carbocycles. The van der Waals surface area contributed by atoms with Crippen LogP contribution in [0.4, 0.5) is 0 Å². The number of oxazole rings is 4. The first-order chi connectivity index (χ1) is 17.7. The van der Waals surface area contributed by atoms with E-state index in [0.717, 1.165) is 0 Å². The van der Waals surface area contributed by atoms with Crippen LogP contribution >= 0.6 is 0 Å². The molecular weight excluding hydrogens is 486 g/mol. The van der Waals surface area contributed by atoms with E-state index in [1.165, 1.54) is 12.3 Å². The van der Waals surface area contributed by atoms with Crippen molar-refractivity contribution < 1.29 is 32.0 Å². The van der Waals surface area contributed by atoms with Crippen LogP contribution in [0.2, 0.25) is 0 Å². The van der Waals surface area contributed by atoms with Gasteiger partial charge in [0.25, 0.3) is 11.8 Å². The van der Waals surface area contributed by atoms with E-state index < -0.39 is 11.8 Å². The first-order valence-corrected chi connectivity index (χ1v) is 11.1. The number of nitrogens with zero attached hydrogens (tertiary/aromatic N) is 4. The number of carbonyl (C=O) groups is 2. The van der Waals surface area contributed by atoms with E-state index in [0.29, 0.717) is 17.2 Å². The summed E-state index contributed by atoms with van der Waals surface area (Å²) in [4.78, 5) is 42.1. The maximum Gasteiger partial charge on any atom is 0.273 e. The van der Waals surface area contributed by atoms with Crippen molar-refractivity contribution in [3.05, 3.63) is 64.1 Å². The Balaban J connectivity index is 1.50. The molecule has 4 aromatic rings. The van der Waals surface area contributed by atoms with Gasteiger partial charge in [0.05, 0.1) is 13.1 Å². The van der Waals surface area contributed by atoms with Crippen molar-refractivity contribution >= 4 is 23.8 Å². The van der Waals surface area contributed by atoms with Crippen LogP contribution in [-0.2, 0) is 17.8 Å². The Kier molecular flexibility index (Phi) is 5.91. The molecule has 0 aromatic carbocycles. The van der Waals surface area contributed by atoms with Crippen LogP contribution < -0.4 is 10.6 Å². The molecule has 8 bridgehead atoms. The van der Waals surface area contributed by atoms with Gasteiger partial charge in [-0.2, -0.15) is 0 Å². The summed E-state index contributed by atoms with van der Waals surface area (Å²) < 4.78 is 27.7. The molecule has 0 fully saturated rings. The van der Waals surface area contributed by atoms with Gasteiger partial charge in [0, 0.05) is 6.08 Å². The number of aryl methyl sites for hydroxylation is 3. The Morgan fingerprint density at radius 1 is 0.784 bits per heavy atom. The maximum absolute atomic E-state index is 12.7. The summed E-state index contributed by atoms with van der Waals surface area (Å²) in [5.74, 6) is 0.517. The van der Waals surface area contributed by atoms with Gasteiger partial charge in [-0.15, -0.1) is 0 Å². The zero-order valence-corrected chi connectivity index (χ0v) is 20.2. The van der Waals surface area contributed by atoms with Gasteiger partial charge in [-0.3, -0.25) is 15.0 Å². The number of carbonyl (C=O) groups excluding carboxylic acids is 2. The third-order valence-electron chi connectivity index (χ3n) is 5.26. The zero-order chi connectivity index (χ0) is 26.3. The molecule has 37 heavy (non-hydrogen) atoms. The number of rotatable bonds is 0. The minimum absolute atomic E-state index is 0.00870. The standard InChI is InChI=1S/C23H21N7O7/c1-9-5-14-27-13(8-33-14)21(31)25-6-15-28-18(11(3)35-15)22(32)26-7-16-29-19(12(4)36-16)23-30-17(10(2)37-23)20(24)34-9/h5,8,24H,6-7H2,1-4H3,(H,25,31)(H,26,32). The second-order valence-corrected chi connectivity index (χ2v) is 8.07. The molecule has 5 rings (SSSR count). The number of hydrogen-bond acceptors (Lipinski definition) is 12. The molecule has 5 heterocycles. The van der Waals surface area contributed by atoms with E-state index in [-0.39, 0.29) is 71.2 Å².